The van der Waals surface area contributed by atoms with Crippen LogP contribution in [0.3, 0.4) is 0 Å². The van der Waals surface area contributed by atoms with Gasteiger partial charge in [-0.2, -0.15) is 10.0 Å². The molecule has 162 valence electrons. The highest BCUT2D eigenvalue weighted by Crippen LogP contribution is 2.67. The van der Waals surface area contributed by atoms with Gasteiger partial charge in [-0.25, -0.2) is 14.4 Å². The van der Waals surface area contributed by atoms with Gasteiger partial charge in [-0.05, 0) is 43.8 Å². The fraction of sp³-hybridized carbons (Fsp3) is 0.579. The number of carbonyl (C=O) groups is 4. The molecular weight excluding hydrogens is 400 g/mol. The predicted molar refractivity (Wildman–Crippen MR) is 109 cm³/mol. The summed E-state index contributed by atoms with van der Waals surface area (Å²) in [4.78, 5) is 48.4. The van der Waals surface area contributed by atoms with Crippen LogP contribution in [0, 0.1) is 0 Å². The molecule has 1 saturated carbocycles. The van der Waals surface area contributed by atoms with Crippen LogP contribution < -0.4 is 10.6 Å². The lowest BCUT2D eigenvalue weighted by Crippen LogP contribution is -2.45. The number of esters is 1. The first-order valence-electron chi connectivity index (χ1n) is 9.53. The highest BCUT2D eigenvalue weighted by Gasteiger charge is 2.48. The summed E-state index contributed by atoms with van der Waals surface area (Å²) < 4.78 is 4.94. The standard InChI is InChI=1S/C19H28N2O7S/c1-5-28-12(22)10-19(8-9-19)21-18(27)20-15-13(16(23)24)11(4)14(17(25)26)29(15,6-2)7-3/h5-10H2,1-4H3,(H,23,24)(H,25,26)(H2,20,21,27). The molecule has 0 unspecified atom stereocenters. The van der Waals surface area contributed by atoms with E-state index in [9.17, 15) is 29.4 Å². The molecule has 0 aromatic heterocycles. The molecule has 0 spiro atoms. The van der Waals surface area contributed by atoms with E-state index < -0.39 is 39.5 Å². The van der Waals surface area contributed by atoms with Crippen LogP contribution in [0.5, 0.6) is 0 Å². The Morgan fingerprint density at radius 2 is 1.66 bits per heavy atom. The summed E-state index contributed by atoms with van der Waals surface area (Å²) >= 11 is 0. The molecule has 1 aliphatic carbocycles. The molecule has 0 aromatic carbocycles. The largest absolute Gasteiger partial charge is 0.478 e. The van der Waals surface area contributed by atoms with Crippen molar-refractivity contribution in [1.82, 2.24) is 10.6 Å². The molecule has 2 aliphatic rings. The summed E-state index contributed by atoms with van der Waals surface area (Å²) in [5.41, 5.74) is -0.689. The van der Waals surface area contributed by atoms with E-state index in [1.54, 1.807) is 20.8 Å². The molecule has 4 N–H and O–H groups in total. The molecule has 9 nitrogen and oxygen atoms in total. The van der Waals surface area contributed by atoms with E-state index in [-0.39, 0.29) is 34.1 Å². The molecule has 10 heteroatoms. The van der Waals surface area contributed by atoms with Crippen LogP contribution in [0.1, 0.15) is 47.0 Å². The molecule has 2 amide bonds. The summed E-state index contributed by atoms with van der Waals surface area (Å²) in [6, 6.07) is -0.640. The molecule has 2 rings (SSSR count). The molecule has 29 heavy (non-hydrogen) atoms. The molecular formula is C19H28N2O7S. The molecule has 1 heterocycles. The molecule has 0 atom stereocenters. The Balaban J connectivity index is 2.31. The van der Waals surface area contributed by atoms with Crippen molar-refractivity contribution in [3.63, 3.8) is 0 Å². The van der Waals surface area contributed by atoms with Gasteiger partial charge in [-0.15, -0.1) is 0 Å². The van der Waals surface area contributed by atoms with E-state index in [4.69, 9.17) is 4.74 Å². The van der Waals surface area contributed by atoms with Crippen LogP contribution in [0.15, 0.2) is 21.1 Å². The van der Waals surface area contributed by atoms with E-state index in [0.29, 0.717) is 24.3 Å². The third kappa shape index (κ3) is 4.26. The quantitative estimate of drug-likeness (QED) is 0.413. The molecule has 0 bridgehead atoms. The van der Waals surface area contributed by atoms with Gasteiger partial charge >= 0.3 is 23.9 Å². The summed E-state index contributed by atoms with van der Waals surface area (Å²) in [6.07, 6.45) is 1.26. The lowest BCUT2D eigenvalue weighted by Gasteiger charge is -2.38. The first kappa shape index (κ1) is 22.8. The number of nitrogens with one attached hydrogen (secondary N) is 2. The summed E-state index contributed by atoms with van der Waals surface area (Å²) in [6.45, 7) is 7.00. The minimum atomic E-state index is -2.21. The Morgan fingerprint density at radius 1 is 1.07 bits per heavy atom. The van der Waals surface area contributed by atoms with Crippen molar-refractivity contribution in [2.45, 2.75) is 52.5 Å². The Labute approximate surface area is 170 Å². The van der Waals surface area contributed by atoms with Crippen molar-refractivity contribution in [1.29, 1.82) is 0 Å². The maximum absolute atomic E-state index is 12.7. The second kappa shape index (κ2) is 8.48. The summed E-state index contributed by atoms with van der Waals surface area (Å²) in [5.74, 6) is -2.07. The van der Waals surface area contributed by atoms with E-state index in [2.05, 4.69) is 10.6 Å². The number of hydrogen-bond acceptors (Lipinski definition) is 5. The van der Waals surface area contributed by atoms with Gasteiger partial charge in [0.2, 0.25) is 0 Å². The number of ether oxygens (including phenoxy) is 1. The fourth-order valence-corrected chi connectivity index (χ4v) is 7.47. The van der Waals surface area contributed by atoms with E-state index in [1.165, 1.54) is 6.92 Å². The number of carboxylic acids is 2. The normalized spacial score (nSPS) is 20.1. The average molecular weight is 429 g/mol. The Morgan fingerprint density at radius 3 is 2.07 bits per heavy atom. The van der Waals surface area contributed by atoms with Gasteiger partial charge in [0.05, 0.1) is 34.1 Å². The highest BCUT2D eigenvalue weighted by atomic mass is 32.3. The maximum Gasteiger partial charge on any atom is 0.341 e. The molecule has 1 fully saturated rings. The zero-order valence-electron chi connectivity index (χ0n) is 17.1. The SMILES string of the molecule is CCOC(=O)CC1(NC(=O)NC2=C(C(=O)O)C(C)=C(C(=O)O)S2(CC)CC)CC1. The molecule has 1 aliphatic heterocycles. The number of rotatable bonds is 9. The minimum absolute atomic E-state index is 0.0380. The van der Waals surface area contributed by atoms with E-state index >= 15 is 0 Å². The first-order valence-corrected chi connectivity index (χ1v) is 11.5. The Hall–Kier alpha value is -2.49. The molecule has 0 saturated heterocycles. The van der Waals surface area contributed by atoms with E-state index in [1.807, 2.05) is 0 Å². The number of urea groups is 1. The topological polar surface area (TPSA) is 142 Å². The van der Waals surface area contributed by atoms with Crippen LogP contribution in [0.2, 0.25) is 0 Å². The van der Waals surface area contributed by atoms with Crippen molar-refractivity contribution in [3.05, 3.63) is 21.1 Å². The number of carboxylic acid groups (broad SMARTS) is 2. The zero-order valence-corrected chi connectivity index (χ0v) is 17.9. The van der Waals surface area contributed by atoms with Crippen molar-refractivity contribution in [2.75, 3.05) is 18.1 Å². The van der Waals surface area contributed by atoms with Crippen molar-refractivity contribution >= 4 is 34.0 Å². The van der Waals surface area contributed by atoms with Crippen LogP contribution in [0.4, 0.5) is 4.79 Å². The third-order valence-electron chi connectivity index (χ3n) is 5.37. The van der Waals surface area contributed by atoms with Gasteiger partial charge in [0.25, 0.3) is 0 Å². The van der Waals surface area contributed by atoms with E-state index in [0.717, 1.165) is 0 Å². The Kier molecular flexibility index (Phi) is 6.67. The summed E-state index contributed by atoms with van der Waals surface area (Å²) in [5, 5.41) is 25.0. The van der Waals surface area contributed by atoms with Crippen LogP contribution in [-0.4, -0.2) is 57.8 Å². The number of aliphatic carboxylic acids is 2. The lowest BCUT2D eigenvalue weighted by atomic mass is 10.1. The van der Waals surface area contributed by atoms with Gasteiger partial charge in [0.1, 0.15) is 0 Å². The van der Waals surface area contributed by atoms with Crippen molar-refractivity contribution in [3.8, 4) is 0 Å². The monoisotopic (exact) mass is 428 g/mol. The first-order chi connectivity index (χ1) is 13.6. The fourth-order valence-electron chi connectivity index (χ4n) is 3.76. The predicted octanol–water partition coefficient (Wildman–Crippen LogP) is 2.28. The Bertz CT molecular complexity index is 807. The maximum atomic E-state index is 12.7. The van der Waals surface area contributed by atoms with Crippen LogP contribution in [0.25, 0.3) is 0 Å². The van der Waals surface area contributed by atoms with Gasteiger partial charge in [-0.1, -0.05) is 13.8 Å². The van der Waals surface area contributed by atoms with Crippen LogP contribution >= 0.6 is 10.0 Å². The van der Waals surface area contributed by atoms with Gasteiger partial charge < -0.3 is 25.6 Å². The van der Waals surface area contributed by atoms with Crippen LogP contribution in [-0.2, 0) is 19.1 Å². The van der Waals surface area contributed by atoms with Crippen molar-refractivity contribution < 1.29 is 34.1 Å². The third-order valence-corrected chi connectivity index (χ3v) is 9.69. The minimum Gasteiger partial charge on any atom is -0.478 e. The van der Waals surface area contributed by atoms with Gasteiger partial charge in [-0.3, -0.25) is 4.79 Å². The smallest absolute Gasteiger partial charge is 0.341 e. The summed E-state index contributed by atoms with van der Waals surface area (Å²) in [7, 11) is -2.21. The van der Waals surface area contributed by atoms with Gasteiger partial charge in [0, 0.05) is 0 Å². The van der Waals surface area contributed by atoms with Crippen molar-refractivity contribution in [2.24, 2.45) is 0 Å². The molecule has 0 radical (unpaired) electrons. The second-order valence-corrected chi connectivity index (χ2v) is 10.8. The highest BCUT2D eigenvalue weighted by molar-refractivity contribution is 8.40. The number of hydrogen-bond donors (Lipinski definition) is 4. The average Bonchev–Trinajstić information content (AvgIpc) is 3.30. The number of carbonyl (C=O) groups excluding carboxylic acids is 2. The van der Waals surface area contributed by atoms with Gasteiger partial charge in [0.15, 0.2) is 0 Å². The zero-order chi connectivity index (χ0) is 22.0. The molecule has 0 aromatic rings. The second-order valence-electron chi connectivity index (χ2n) is 7.07. The lowest BCUT2D eigenvalue weighted by molar-refractivity contribution is -0.144. The number of amides is 2.